The second kappa shape index (κ2) is 5.04. The first kappa shape index (κ1) is 11.9. The number of nitro benzene ring substituents is 1. The Balaban J connectivity index is 2.72. The summed E-state index contributed by atoms with van der Waals surface area (Å²) in [4.78, 5) is 9.95. The minimum atomic E-state index is -0.441. The van der Waals surface area contributed by atoms with E-state index < -0.39 is 4.92 Å². The zero-order chi connectivity index (χ0) is 11.4. The van der Waals surface area contributed by atoms with Gasteiger partial charge in [0, 0.05) is 12.1 Å². The van der Waals surface area contributed by atoms with Crippen LogP contribution in [0.25, 0.3) is 0 Å². The van der Waals surface area contributed by atoms with E-state index in [0.717, 1.165) is 5.56 Å². The van der Waals surface area contributed by atoms with Gasteiger partial charge in [-0.05, 0) is 17.8 Å². The molecule has 0 aliphatic rings. The zero-order valence-electron chi connectivity index (χ0n) is 7.59. The Labute approximate surface area is 100 Å². The van der Waals surface area contributed by atoms with E-state index in [-0.39, 0.29) is 10.8 Å². The maximum absolute atomic E-state index is 10.4. The first-order chi connectivity index (χ1) is 7.00. The average molecular weight is 290 g/mol. The quantitative estimate of drug-likeness (QED) is 0.398. The highest BCUT2D eigenvalue weighted by Crippen LogP contribution is 2.14. The number of benzene rings is 1. The third kappa shape index (κ3) is 3.45. The summed E-state index contributed by atoms with van der Waals surface area (Å²) in [5, 5.41) is 10.6. The molecule has 0 saturated carbocycles. The molecule has 1 rings (SSSR count). The fraction of sp³-hybridized carbons (Fsp3) is 0.125. The molecule has 0 spiro atoms. The lowest BCUT2D eigenvalue weighted by Gasteiger charge is -2.13. The maximum Gasteiger partial charge on any atom is 0.269 e. The van der Waals surface area contributed by atoms with Gasteiger partial charge in [0.25, 0.3) is 5.69 Å². The summed E-state index contributed by atoms with van der Waals surface area (Å²) >= 11 is 7.89. The number of nitro groups is 1. The van der Waals surface area contributed by atoms with E-state index in [2.05, 4.69) is 16.1 Å². The van der Waals surface area contributed by atoms with Gasteiger partial charge in [0.1, 0.15) is 0 Å². The van der Waals surface area contributed by atoms with Gasteiger partial charge in [0.15, 0.2) is 5.11 Å². The second-order valence-corrected chi connectivity index (χ2v) is 4.06. The summed E-state index contributed by atoms with van der Waals surface area (Å²) in [6.45, 7) is 0.466. The van der Waals surface area contributed by atoms with Crippen LogP contribution in [0.3, 0.4) is 0 Å². The van der Waals surface area contributed by atoms with Crippen LogP contribution < -0.4 is 5.73 Å². The molecule has 0 fully saturated rings. The van der Waals surface area contributed by atoms with Crippen LogP contribution in [-0.4, -0.2) is 14.0 Å². The van der Waals surface area contributed by atoms with Crippen molar-refractivity contribution in [3.8, 4) is 0 Å². The largest absolute Gasteiger partial charge is 0.375 e. The van der Waals surface area contributed by atoms with E-state index in [1.165, 1.54) is 16.1 Å². The van der Waals surface area contributed by atoms with Gasteiger partial charge in [-0.3, -0.25) is 14.0 Å². The van der Waals surface area contributed by atoms with Gasteiger partial charge in [-0.2, -0.15) is 0 Å². The molecule has 2 N–H and O–H groups in total. The molecule has 80 valence electrons. The number of thiocarbonyl (C=S) groups is 1. The number of hydrogen-bond donors (Lipinski definition) is 1. The van der Waals surface area contributed by atoms with E-state index >= 15 is 0 Å². The summed E-state index contributed by atoms with van der Waals surface area (Å²) < 4.78 is 1.50. The van der Waals surface area contributed by atoms with Gasteiger partial charge in [0.05, 0.1) is 27.6 Å². The zero-order valence-corrected chi connectivity index (χ0v) is 9.99. The summed E-state index contributed by atoms with van der Waals surface area (Å²) in [6.07, 6.45) is 0. The van der Waals surface area contributed by atoms with Crippen LogP contribution in [0.1, 0.15) is 5.56 Å². The minimum absolute atomic E-state index is 0.0650. The Bertz CT molecular complexity index is 382. The Hall–Kier alpha value is -1.21. The molecule has 0 amide bonds. The number of rotatable bonds is 3. The fourth-order valence-electron chi connectivity index (χ4n) is 0.961. The van der Waals surface area contributed by atoms with Gasteiger partial charge in [-0.25, -0.2) is 0 Å². The molecular formula is C8H8BrN3O2S. The third-order valence-corrected chi connectivity index (χ3v) is 2.80. The SMILES string of the molecule is NC(=S)N(Br)Cc1ccc([N+](=O)[O-])cc1. The monoisotopic (exact) mass is 289 g/mol. The van der Waals surface area contributed by atoms with Crippen molar-refractivity contribution in [3.63, 3.8) is 0 Å². The molecule has 0 saturated heterocycles. The van der Waals surface area contributed by atoms with Crippen LogP contribution in [0.2, 0.25) is 0 Å². The van der Waals surface area contributed by atoms with Gasteiger partial charge >= 0.3 is 0 Å². The van der Waals surface area contributed by atoms with Gasteiger partial charge in [0.2, 0.25) is 0 Å². The molecule has 0 bridgehead atoms. The van der Waals surface area contributed by atoms with Crippen LogP contribution >= 0.6 is 28.4 Å². The summed E-state index contributed by atoms with van der Waals surface area (Å²) in [6, 6.07) is 6.20. The Morgan fingerprint density at radius 1 is 1.53 bits per heavy atom. The van der Waals surface area contributed by atoms with Crippen molar-refractivity contribution < 1.29 is 4.92 Å². The Morgan fingerprint density at radius 2 is 2.07 bits per heavy atom. The van der Waals surface area contributed by atoms with Gasteiger partial charge < -0.3 is 5.73 Å². The number of nitrogens with zero attached hydrogens (tertiary/aromatic N) is 2. The molecule has 7 heteroatoms. The van der Waals surface area contributed by atoms with Crippen molar-refractivity contribution in [2.75, 3.05) is 0 Å². The van der Waals surface area contributed by atoms with Gasteiger partial charge in [-0.15, -0.1) is 0 Å². The lowest BCUT2D eigenvalue weighted by Crippen LogP contribution is -2.26. The highest BCUT2D eigenvalue weighted by Gasteiger charge is 2.06. The standard InChI is InChI=1S/C8H8BrN3O2S/c9-11(8(10)15)5-6-1-3-7(4-2-6)12(13)14/h1-4H,5H2,(H2,10,15). The maximum atomic E-state index is 10.4. The van der Waals surface area contributed by atoms with Crippen molar-refractivity contribution in [1.82, 2.24) is 3.93 Å². The second-order valence-electron chi connectivity index (χ2n) is 2.78. The van der Waals surface area contributed by atoms with Crippen molar-refractivity contribution in [2.24, 2.45) is 5.73 Å². The molecule has 0 unspecified atom stereocenters. The third-order valence-electron chi connectivity index (χ3n) is 1.71. The molecule has 0 aliphatic heterocycles. The van der Waals surface area contributed by atoms with E-state index in [1.807, 2.05) is 0 Å². The fourth-order valence-corrected chi connectivity index (χ4v) is 1.32. The van der Waals surface area contributed by atoms with E-state index in [9.17, 15) is 10.1 Å². The molecule has 0 radical (unpaired) electrons. The molecule has 1 aromatic carbocycles. The first-order valence-electron chi connectivity index (χ1n) is 3.97. The lowest BCUT2D eigenvalue weighted by molar-refractivity contribution is -0.384. The Kier molecular flexibility index (Phi) is 3.98. The minimum Gasteiger partial charge on any atom is -0.375 e. The number of hydrogen-bond acceptors (Lipinski definition) is 3. The van der Waals surface area contributed by atoms with Crippen LogP contribution in [-0.2, 0) is 6.54 Å². The molecule has 0 heterocycles. The topological polar surface area (TPSA) is 72.4 Å². The van der Waals surface area contributed by atoms with Crippen LogP contribution in [0, 0.1) is 10.1 Å². The van der Waals surface area contributed by atoms with E-state index in [1.54, 1.807) is 12.1 Å². The summed E-state index contributed by atoms with van der Waals surface area (Å²) in [5.41, 5.74) is 6.31. The predicted molar refractivity (Wildman–Crippen MR) is 64.4 cm³/mol. The van der Waals surface area contributed by atoms with Crippen molar-refractivity contribution in [3.05, 3.63) is 39.9 Å². The first-order valence-corrected chi connectivity index (χ1v) is 5.08. The number of nitrogens with two attached hydrogens (primary N) is 1. The van der Waals surface area contributed by atoms with E-state index in [4.69, 9.17) is 18.0 Å². The normalized spacial score (nSPS) is 9.67. The molecule has 5 nitrogen and oxygen atoms in total. The van der Waals surface area contributed by atoms with Crippen LogP contribution in [0.5, 0.6) is 0 Å². The molecule has 0 atom stereocenters. The number of halogens is 1. The van der Waals surface area contributed by atoms with Crippen LogP contribution in [0.4, 0.5) is 5.69 Å². The average Bonchev–Trinajstić information content (AvgIpc) is 2.18. The Morgan fingerprint density at radius 3 is 2.47 bits per heavy atom. The molecule has 0 aliphatic carbocycles. The van der Waals surface area contributed by atoms with Crippen molar-refractivity contribution in [1.29, 1.82) is 0 Å². The summed E-state index contributed by atoms with van der Waals surface area (Å²) in [5.74, 6) is 0. The number of non-ortho nitro benzene ring substituents is 1. The smallest absolute Gasteiger partial charge is 0.269 e. The lowest BCUT2D eigenvalue weighted by atomic mass is 10.2. The van der Waals surface area contributed by atoms with Crippen molar-refractivity contribution in [2.45, 2.75) is 6.54 Å². The predicted octanol–water partition coefficient (Wildman–Crippen LogP) is 1.95. The highest BCUT2D eigenvalue weighted by molar-refractivity contribution is 9.07. The van der Waals surface area contributed by atoms with E-state index in [0.29, 0.717) is 6.54 Å². The van der Waals surface area contributed by atoms with Crippen molar-refractivity contribution >= 4 is 39.2 Å². The molecular weight excluding hydrogens is 282 g/mol. The van der Waals surface area contributed by atoms with Gasteiger partial charge in [-0.1, -0.05) is 12.1 Å². The summed E-state index contributed by atoms with van der Waals surface area (Å²) in [7, 11) is 0. The molecule has 0 aromatic heterocycles. The highest BCUT2D eigenvalue weighted by atomic mass is 79.9. The van der Waals surface area contributed by atoms with Crippen LogP contribution in [0.15, 0.2) is 24.3 Å². The molecule has 15 heavy (non-hydrogen) atoms. The molecule has 1 aromatic rings.